The van der Waals surface area contributed by atoms with Crippen molar-refractivity contribution in [2.24, 2.45) is 5.73 Å². The molecule has 0 radical (unpaired) electrons. The topological polar surface area (TPSA) is 113 Å². The highest BCUT2D eigenvalue weighted by molar-refractivity contribution is 7.80. The zero-order valence-electron chi connectivity index (χ0n) is 9.12. The van der Waals surface area contributed by atoms with Crippen molar-refractivity contribution in [2.45, 2.75) is 18.9 Å². The normalized spacial score (nSPS) is 19.1. The Hall–Kier alpha value is -1.70. The van der Waals surface area contributed by atoms with Gasteiger partial charge in [0.05, 0.1) is 11.5 Å². The van der Waals surface area contributed by atoms with E-state index >= 15 is 0 Å². The zero-order valence-corrected chi connectivity index (χ0v) is 9.93. The SMILES string of the molecule is NC(=S)CNC(=O)C(=O)NC1CCC(=O)NC1. The van der Waals surface area contributed by atoms with Crippen LogP contribution in [0, 0.1) is 0 Å². The number of hydrogen-bond acceptors (Lipinski definition) is 4. The Labute approximate surface area is 103 Å². The van der Waals surface area contributed by atoms with Crippen LogP contribution in [0.5, 0.6) is 0 Å². The highest BCUT2D eigenvalue weighted by Crippen LogP contribution is 2.01. The standard InChI is InChI=1S/C9H14N4O3S/c10-6(17)4-12-8(15)9(16)13-5-1-2-7(14)11-3-5/h5H,1-4H2,(H2,10,17)(H,11,14)(H,12,15)(H,13,16). The molecule has 7 nitrogen and oxygen atoms in total. The van der Waals surface area contributed by atoms with E-state index in [0.717, 1.165) is 0 Å². The maximum absolute atomic E-state index is 11.4. The van der Waals surface area contributed by atoms with Gasteiger partial charge < -0.3 is 21.7 Å². The van der Waals surface area contributed by atoms with Crippen molar-refractivity contribution < 1.29 is 14.4 Å². The molecule has 1 atom stereocenters. The molecule has 8 heteroatoms. The molecule has 0 aromatic rings. The summed E-state index contributed by atoms with van der Waals surface area (Å²) in [6.07, 6.45) is 0.875. The number of hydrogen-bond donors (Lipinski definition) is 4. The van der Waals surface area contributed by atoms with Crippen LogP contribution < -0.4 is 21.7 Å². The van der Waals surface area contributed by atoms with Crippen molar-refractivity contribution in [3.8, 4) is 0 Å². The minimum atomic E-state index is -0.783. The first kappa shape index (κ1) is 13.4. The van der Waals surface area contributed by atoms with Crippen LogP contribution in [0.25, 0.3) is 0 Å². The Morgan fingerprint density at radius 2 is 2.18 bits per heavy atom. The molecule has 1 unspecified atom stereocenters. The van der Waals surface area contributed by atoms with Crippen LogP contribution >= 0.6 is 12.2 Å². The van der Waals surface area contributed by atoms with Crippen LogP contribution in [0.4, 0.5) is 0 Å². The Kier molecular flexibility index (Phi) is 4.83. The molecule has 0 saturated carbocycles. The Morgan fingerprint density at radius 3 is 2.71 bits per heavy atom. The molecule has 1 aliphatic heterocycles. The number of nitrogens with two attached hydrogens (primary N) is 1. The lowest BCUT2D eigenvalue weighted by molar-refractivity contribution is -0.139. The predicted octanol–water partition coefficient (Wildman–Crippen LogP) is -2.22. The summed E-state index contributed by atoms with van der Waals surface area (Å²) in [6, 6.07) is -0.212. The lowest BCUT2D eigenvalue weighted by Gasteiger charge is -2.23. The highest BCUT2D eigenvalue weighted by atomic mass is 32.1. The Morgan fingerprint density at radius 1 is 1.47 bits per heavy atom. The molecule has 17 heavy (non-hydrogen) atoms. The van der Waals surface area contributed by atoms with E-state index in [-0.39, 0.29) is 23.5 Å². The third kappa shape index (κ3) is 4.77. The minimum absolute atomic E-state index is 0.0109. The molecular weight excluding hydrogens is 244 g/mol. The molecule has 3 amide bonds. The van der Waals surface area contributed by atoms with E-state index in [9.17, 15) is 14.4 Å². The Bertz CT molecular complexity index is 348. The van der Waals surface area contributed by atoms with Crippen molar-refractivity contribution in [2.75, 3.05) is 13.1 Å². The van der Waals surface area contributed by atoms with Crippen molar-refractivity contribution in [1.29, 1.82) is 0 Å². The second kappa shape index (κ2) is 6.14. The molecule has 94 valence electrons. The number of rotatable bonds is 3. The molecule has 1 aliphatic rings. The van der Waals surface area contributed by atoms with Crippen LogP contribution in [-0.4, -0.2) is 41.8 Å². The van der Waals surface area contributed by atoms with Gasteiger partial charge in [-0.15, -0.1) is 0 Å². The number of carbonyl (C=O) groups is 3. The highest BCUT2D eigenvalue weighted by Gasteiger charge is 2.22. The first-order valence-corrected chi connectivity index (χ1v) is 5.53. The zero-order chi connectivity index (χ0) is 12.8. The summed E-state index contributed by atoms with van der Waals surface area (Å²) < 4.78 is 0. The van der Waals surface area contributed by atoms with Gasteiger partial charge in [-0.2, -0.15) is 0 Å². The summed E-state index contributed by atoms with van der Waals surface area (Å²) in [5.41, 5.74) is 5.18. The molecule has 0 spiro atoms. The molecule has 1 fully saturated rings. The van der Waals surface area contributed by atoms with Crippen LogP contribution in [0.2, 0.25) is 0 Å². The molecular formula is C9H14N4O3S. The quantitative estimate of drug-likeness (QED) is 0.338. The third-order valence-corrected chi connectivity index (χ3v) is 2.37. The minimum Gasteiger partial charge on any atom is -0.392 e. The third-order valence-electron chi connectivity index (χ3n) is 2.23. The van der Waals surface area contributed by atoms with Crippen molar-refractivity contribution in [1.82, 2.24) is 16.0 Å². The molecule has 0 aromatic heterocycles. The number of amides is 3. The van der Waals surface area contributed by atoms with Gasteiger partial charge in [-0.25, -0.2) is 0 Å². The maximum Gasteiger partial charge on any atom is 0.309 e. The maximum atomic E-state index is 11.4. The number of carbonyl (C=O) groups excluding carboxylic acids is 3. The fourth-order valence-corrected chi connectivity index (χ4v) is 1.43. The largest absolute Gasteiger partial charge is 0.392 e. The van der Waals surface area contributed by atoms with E-state index in [4.69, 9.17) is 5.73 Å². The van der Waals surface area contributed by atoms with Gasteiger partial charge in [0.2, 0.25) is 5.91 Å². The summed E-state index contributed by atoms with van der Waals surface area (Å²) in [4.78, 5) is 33.6. The van der Waals surface area contributed by atoms with E-state index in [0.29, 0.717) is 19.4 Å². The van der Waals surface area contributed by atoms with Gasteiger partial charge in [-0.3, -0.25) is 14.4 Å². The first-order valence-electron chi connectivity index (χ1n) is 5.12. The van der Waals surface area contributed by atoms with Crippen LogP contribution in [0.3, 0.4) is 0 Å². The molecule has 0 bridgehead atoms. The lowest BCUT2D eigenvalue weighted by Crippen LogP contribution is -2.52. The molecule has 1 heterocycles. The summed E-state index contributed by atoms with van der Waals surface area (Å²) >= 11 is 4.56. The van der Waals surface area contributed by atoms with Crippen molar-refractivity contribution >= 4 is 34.9 Å². The second-order valence-electron chi connectivity index (χ2n) is 3.66. The number of thiocarbonyl (C=S) groups is 1. The molecule has 5 N–H and O–H groups in total. The van der Waals surface area contributed by atoms with Gasteiger partial charge in [-0.1, -0.05) is 12.2 Å². The monoisotopic (exact) mass is 258 g/mol. The van der Waals surface area contributed by atoms with E-state index in [1.54, 1.807) is 0 Å². The van der Waals surface area contributed by atoms with Gasteiger partial charge in [0, 0.05) is 19.0 Å². The Balaban J connectivity index is 2.30. The van der Waals surface area contributed by atoms with E-state index in [2.05, 4.69) is 28.2 Å². The van der Waals surface area contributed by atoms with Gasteiger partial charge >= 0.3 is 11.8 Å². The van der Waals surface area contributed by atoms with E-state index in [1.807, 2.05) is 0 Å². The summed E-state index contributed by atoms with van der Waals surface area (Å²) in [5, 5.41) is 7.39. The van der Waals surface area contributed by atoms with Gasteiger partial charge in [0.1, 0.15) is 0 Å². The fourth-order valence-electron chi connectivity index (χ4n) is 1.35. The van der Waals surface area contributed by atoms with Crippen molar-refractivity contribution in [3.05, 3.63) is 0 Å². The molecule has 1 rings (SSSR count). The van der Waals surface area contributed by atoms with Crippen LogP contribution in [0.1, 0.15) is 12.8 Å². The smallest absolute Gasteiger partial charge is 0.309 e. The fraction of sp³-hybridized carbons (Fsp3) is 0.556. The summed E-state index contributed by atoms with van der Waals surface area (Å²) in [7, 11) is 0. The van der Waals surface area contributed by atoms with Gasteiger partial charge in [0.25, 0.3) is 0 Å². The average Bonchev–Trinajstić information content (AvgIpc) is 2.28. The average molecular weight is 258 g/mol. The van der Waals surface area contributed by atoms with Crippen LogP contribution in [0.15, 0.2) is 0 Å². The van der Waals surface area contributed by atoms with Gasteiger partial charge in [0.15, 0.2) is 0 Å². The molecule has 1 saturated heterocycles. The predicted molar refractivity (Wildman–Crippen MR) is 64.0 cm³/mol. The van der Waals surface area contributed by atoms with Gasteiger partial charge in [-0.05, 0) is 6.42 Å². The molecule has 0 aromatic carbocycles. The van der Waals surface area contributed by atoms with E-state index in [1.165, 1.54) is 0 Å². The summed E-state index contributed by atoms with van der Waals surface area (Å²) in [6.45, 7) is 0.330. The summed E-state index contributed by atoms with van der Waals surface area (Å²) in [5.74, 6) is -1.58. The number of nitrogens with one attached hydrogen (secondary N) is 3. The lowest BCUT2D eigenvalue weighted by atomic mass is 10.1. The van der Waals surface area contributed by atoms with E-state index < -0.39 is 11.8 Å². The number of piperidine rings is 1. The van der Waals surface area contributed by atoms with Crippen molar-refractivity contribution in [3.63, 3.8) is 0 Å². The van der Waals surface area contributed by atoms with Crippen LogP contribution in [-0.2, 0) is 14.4 Å². The first-order chi connectivity index (χ1) is 7.99. The second-order valence-corrected chi connectivity index (χ2v) is 4.19. The molecule has 0 aliphatic carbocycles.